The van der Waals surface area contributed by atoms with Crippen molar-refractivity contribution in [3.05, 3.63) is 28.8 Å². The molecule has 0 aliphatic heterocycles. The number of aliphatic hydroxyl groups excluding tert-OH is 1. The van der Waals surface area contributed by atoms with Crippen molar-refractivity contribution in [2.45, 2.75) is 13.3 Å². The number of halogens is 1. The van der Waals surface area contributed by atoms with E-state index in [0.717, 1.165) is 0 Å². The molecule has 94 valence electrons. The Morgan fingerprint density at radius 3 is 2.94 bits per heavy atom. The molecule has 0 aliphatic carbocycles. The van der Waals surface area contributed by atoms with Gasteiger partial charge in [-0.25, -0.2) is 0 Å². The van der Waals surface area contributed by atoms with Gasteiger partial charge in [0.2, 0.25) is 0 Å². The van der Waals surface area contributed by atoms with E-state index in [4.69, 9.17) is 22.4 Å². The summed E-state index contributed by atoms with van der Waals surface area (Å²) in [5, 5.41) is 12.0. The number of nitrogen functional groups attached to an aromatic ring is 1. The summed E-state index contributed by atoms with van der Waals surface area (Å²) in [5.41, 5.74) is 6.48. The predicted molar refractivity (Wildman–Crippen MR) is 69.1 cm³/mol. The van der Waals surface area contributed by atoms with Crippen LogP contribution in [0.3, 0.4) is 0 Å². The van der Waals surface area contributed by atoms with Crippen LogP contribution in [-0.4, -0.2) is 24.2 Å². The molecule has 4 nitrogen and oxygen atoms in total. The maximum atomic E-state index is 11.8. The lowest BCUT2D eigenvalue weighted by Crippen LogP contribution is -2.29. The number of aliphatic hydroxyl groups is 1. The highest BCUT2D eigenvalue weighted by molar-refractivity contribution is 6.31. The zero-order chi connectivity index (χ0) is 12.8. The van der Waals surface area contributed by atoms with Crippen molar-refractivity contribution < 1.29 is 9.90 Å². The van der Waals surface area contributed by atoms with Crippen molar-refractivity contribution >= 4 is 23.2 Å². The summed E-state index contributed by atoms with van der Waals surface area (Å²) in [4.78, 5) is 11.8. The summed E-state index contributed by atoms with van der Waals surface area (Å²) in [6.07, 6.45) is 0.658. The van der Waals surface area contributed by atoms with Gasteiger partial charge in [0.15, 0.2) is 0 Å². The van der Waals surface area contributed by atoms with Gasteiger partial charge in [0.05, 0.1) is 5.56 Å². The highest BCUT2D eigenvalue weighted by Gasteiger charge is 2.11. The van der Waals surface area contributed by atoms with E-state index in [2.05, 4.69) is 5.32 Å². The van der Waals surface area contributed by atoms with Crippen molar-refractivity contribution in [2.24, 2.45) is 5.92 Å². The molecule has 1 unspecified atom stereocenters. The molecule has 1 aromatic carbocycles. The third-order valence-electron chi connectivity index (χ3n) is 2.49. The molecule has 0 aliphatic rings. The van der Waals surface area contributed by atoms with E-state index in [0.29, 0.717) is 29.2 Å². The lowest BCUT2D eigenvalue weighted by molar-refractivity contribution is 0.0946. The van der Waals surface area contributed by atoms with Gasteiger partial charge < -0.3 is 16.2 Å². The fourth-order valence-electron chi connectivity index (χ4n) is 1.41. The van der Waals surface area contributed by atoms with Crippen LogP contribution >= 0.6 is 11.6 Å². The normalized spacial score (nSPS) is 12.2. The standard InChI is InChI=1S/C12H17ClN2O2/c1-8(4-5-16)7-15-12(17)10-6-9(13)2-3-11(10)14/h2-3,6,8,16H,4-5,7,14H2,1H3,(H,15,17). The van der Waals surface area contributed by atoms with E-state index in [1.807, 2.05) is 6.92 Å². The number of rotatable bonds is 5. The van der Waals surface area contributed by atoms with Crippen LogP contribution in [0, 0.1) is 5.92 Å². The van der Waals surface area contributed by atoms with Crippen LogP contribution < -0.4 is 11.1 Å². The molecule has 0 aromatic heterocycles. The number of benzene rings is 1. The third-order valence-corrected chi connectivity index (χ3v) is 2.73. The molecule has 17 heavy (non-hydrogen) atoms. The summed E-state index contributed by atoms with van der Waals surface area (Å²) in [5.74, 6) is -0.0147. The Morgan fingerprint density at radius 1 is 1.59 bits per heavy atom. The van der Waals surface area contributed by atoms with Gasteiger partial charge in [0, 0.05) is 23.9 Å². The van der Waals surface area contributed by atoms with E-state index in [1.54, 1.807) is 18.2 Å². The van der Waals surface area contributed by atoms with Gasteiger partial charge >= 0.3 is 0 Å². The van der Waals surface area contributed by atoms with Crippen LogP contribution in [0.5, 0.6) is 0 Å². The fourth-order valence-corrected chi connectivity index (χ4v) is 1.58. The first-order chi connectivity index (χ1) is 8.04. The first-order valence-electron chi connectivity index (χ1n) is 5.48. The van der Waals surface area contributed by atoms with E-state index in [9.17, 15) is 4.79 Å². The molecular formula is C12H17ClN2O2. The zero-order valence-corrected chi connectivity index (χ0v) is 10.5. The monoisotopic (exact) mass is 256 g/mol. The Bertz CT molecular complexity index is 396. The summed E-state index contributed by atoms with van der Waals surface area (Å²) < 4.78 is 0. The smallest absolute Gasteiger partial charge is 0.253 e. The summed E-state index contributed by atoms with van der Waals surface area (Å²) >= 11 is 5.80. The number of nitrogens with one attached hydrogen (secondary N) is 1. The first kappa shape index (κ1) is 13.8. The Morgan fingerprint density at radius 2 is 2.29 bits per heavy atom. The first-order valence-corrected chi connectivity index (χ1v) is 5.86. The minimum atomic E-state index is -0.241. The number of carbonyl (C=O) groups is 1. The molecule has 0 radical (unpaired) electrons. The van der Waals surface area contributed by atoms with Gasteiger partial charge in [0.1, 0.15) is 0 Å². The van der Waals surface area contributed by atoms with E-state index >= 15 is 0 Å². The van der Waals surface area contributed by atoms with Crippen LogP contribution in [0.15, 0.2) is 18.2 Å². The summed E-state index contributed by atoms with van der Waals surface area (Å²) in [6.45, 7) is 2.58. The highest BCUT2D eigenvalue weighted by Crippen LogP contribution is 2.17. The van der Waals surface area contributed by atoms with Gasteiger partial charge in [-0.15, -0.1) is 0 Å². The Balaban J connectivity index is 2.61. The van der Waals surface area contributed by atoms with Gasteiger partial charge in [-0.05, 0) is 30.5 Å². The Kier molecular flexibility index (Phi) is 5.25. The lowest BCUT2D eigenvalue weighted by Gasteiger charge is -2.12. The van der Waals surface area contributed by atoms with E-state index < -0.39 is 0 Å². The second-order valence-electron chi connectivity index (χ2n) is 4.06. The molecule has 1 atom stereocenters. The van der Waals surface area contributed by atoms with Crippen molar-refractivity contribution in [2.75, 3.05) is 18.9 Å². The minimum Gasteiger partial charge on any atom is -0.398 e. The molecule has 5 heteroatoms. The fraction of sp³-hybridized carbons (Fsp3) is 0.417. The molecule has 1 amide bonds. The Hall–Kier alpha value is -1.26. The summed E-state index contributed by atoms with van der Waals surface area (Å²) in [6, 6.07) is 4.79. The van der Waals surface area contributed by atoms with Gasteiger partial charge in [-0.1, -0.05) is 18.5 Å². The second kappa shape index (κ2) is 6.47. The van der Waals surface area contributed by atoms with Gasteiger partial charge in [-0.2, -0.15) is 0 Å². The molecule has 0 saturated heterocycles. The molecule has 0 spiro atoms. The molecule has 0 bridgehead atoms. The van der Waals surface area contributed by atoms with Crippen LogP contribution in [0.1, 0.15) is 23.7 Å². The maximum Gasteiger partial charge on any atom is 0.253 e. The average molecular weight is 257 g/mol. The number of nitrogens with two attached hydrogens (primary N) is 1. The minimum absolute atomic E-state index is 0.121. The van der Waals surface area contributed by atoms with E-state index in [-0.39, 0.29) is 18.4 Å². The van der Waals surface area contributed by atoms with Gasteiger partial charge in [-0.3, -0.25) is 4.79 Å². The average Bonchev–Trinajstić information content (AvgIpc) is 2.29. The zero-order valence-electron chi connectivity index (χ0n) is 9.74. The van der Waals surface area contributed by atoms with Crippen LogP contribution in [0.2, 0.25) is 5.02 Å². The van der Waals surface area contributed by atoms with Crippen LogP contribution in [0.25, 0.3) is 0 Å². The molecule has 0 fully saturated rings. The molecule has 0 heterocycles. The van der Waals surface area contributed by atoms with Crippen LogP contribution in [-0.2, 0) is 0 Å². The molecule has 1 aromatic rings. The number of amides is 1. The second-order valence-corrected chi connectivity index (χ2v) is 4.50. The van der Waals surface area contributed by atoms with E-state index in [1.165, 1.54) is 0 Å². The molecule has 4 N–H and O–H groups in total. The Labute approximate surface area is 106 Å². The largest absolute Gasteiger partial charge is 0.398 e. The number of hydrogen-bond acceptors (Lipinski definition) is 3. The number of hydrogen-bond donors (Lipinski definition) is 3. The molecule has 0 saturated carbocycles. The molecule has 1 rings (SSSR count). The lowest BCUT2D eigenvalue weighted by atomic mass is 10.1. The topological polar surface area (TPSA) is 75.3 Å². The number of carbonyl (C=O) groups excluding carboxylic acids is 1. The third kappa shape index (κ3) is 4.24. The number of anilines is 1. The van der Waals surface area contributed by atoms with Crippen molar-refractivity contribution in [1.29, 1.82) is 0 Å². The van der Waals surface area contributed by atoms with Gasteiger partial charge in [0.25, 0.3) is 5.91 Å². The van der Waals surface area contributed by atoms with Crippen molar-refractivity contribution in [1.82, 2.24) is 5.32 Å². The highest BCUT2D eigenvalue weighted by atomic mass is 35.5. The van der Waals surface area contributed by atoms with Crippen LogP contribution in [0.4, 0.5) is 5.69 Å². The SMILES string of the molecule is CC(CCO)CNC(=O)c1cc(Cl)ccc1N. The van der Waals surface area contributed by atoms with Crippen molar-refractivity contribution in [3.8, 4) is 0 Å². The summed E-state index contributed by atoms with van der Waals surface area (Å²) in [7, 11) is 0. The molecular weight excluding hydrogens is 240 g/mol. The maximum absolute atomic E-state index is 11.8. The van der Waals surface area contributed by atoms with Crippen molar-refractivity contribution in [3.63, 3.8) is 0 Å². The predicted octanol–water partition coefficient (Wildman–Crippen LogP) is 1.67. The quantitative estimate of drug-likeness (QED) is 0.702.